The van der Waals surface area contributed by atoms with Crippen LogP contribution in [-0.2, 0) is 37.9 Å². The Morgan fingerprint density at radius 3 is 1.59 bits per heavy atom. The highest BCUT2D eigenvalue weighted by Crippen LogP contribution is 2.55. The highest BCUT2D eigenvalue weighted by molar-refractivity contribution is 7.26. The molecule has 0 saturated carbocycles. The summed E-state index contributed by atoms with van der Waals surface area (Å²) in [6, 6.07) is 44.3. The maximum Gasteiger partial charge on any atom is 0.254 e. The summed E-state index contributed by atoms with van der Waals surface area (Å²) in [5, 5.41) is 2.79. The van der Waals surface area contributed by atoms with Gasteiger partial charge in [-0.15, -0.1) is 11.3 Å². The molecule has 4 aliphatic rings. The van der Waals surface area contributed by atoms with Crippen molar-refractivity contribution in [1.82, 2.24) is 0 Å². The fraction of sp³-hybridized carbons (Fsp3) is 0.424. The van der Waals surface area contributed by atoms with E-state index >= 15 is 0 Å². The number of rotatable bonds is 3. The second kappa shape index (κ2) is 15.2. The molecule has 3 heterocycles. The molecule has 0 spiro atoms. The molecular weight excluding hydrogens is 864 g/mol. The third kappa shape index (κ3) is 7.30. The van der Waals surface area contributed by atoms with Crippen molar-refractivity contribution in [2.75, 3.05) is 9.80 Å². The summed E-state index contributed by atoms with van der Waals surface area (Å²) in [6.45, 7) is 41.0. The van der Waals surface area contributed by atoms with Gasteiger partial charge < -0.3 is 9.80 Å². The molecule has 11 rings (SSSR count). The van der Waals surface area contributed by atoms with E-state index in [9.17, 15) is 0 Å². The van der Waals surface area contributed by atoms with Crippen LogP contribution in [0.1, 0.15) is 182 Å². The Hall–Kier alpha value is -5.06. The molecule has 0 bridgehead atoms. The van der Waals surface area contributed by atoms with Crippen LogP contribution in [-0.4, -0.2) is 6.71 Å². The molecule has 0 radical (unpaired) electrons. The van der Waals surface area contributed by atoms with Crippen molar-refractivity contribution in [2.24, 2.45) is 0 Å². The van der Waals surface area contributed by atoms with Gasteiger partial charge in [0.15, 0.2) is 0 Å². The lowest BCUT2D eigenvalue weighted by Gasteiger charge is -2.45. The van der Waals surface area contributed by atoms with Gasteiger partial charge in [0.25, 0.3) is 6.71 Å². The zero-order valence-corrected chi connectivity index (χ0v) is 46.4. The Kier molecular flexibility index (Phi) is 10.3. The fourth-order valence-electron chi connectivity index (χ4n) is 13.0. The van der Waals surface area contributed by atoms with Crippen molar-refractivity contribution in [3.63, 3.8) is 0 Å². The molecule has 4 heteroatoms. The molecule has 0 atom stereocenters. The molecule has 6 aromatic carbocycles. The van der Waals surface area contributed by atoms with Crippen LogP contribution < -0.4 is 26.2 Å². The van der Waals surface area contributed by atoms with Crippen LogP contribution in [0.15, 0.2) is 109 Å². The van der Waals surface area contributed by atoms with Crippen molar-refractivity contribution in [2.45, 2.75) is 181 Å². The molecule has 0 saturated heterocycles. The minimum absolute atomic E-state index is 0.0186. The first-order valence-corrected chi connectivity index (χ1v) is 27.3. The Morgan fingerprint density at radius 2 is 0.986 bits per heavy atom. The zero-order valence-electron chi connectivity index (χ0n) is 45.6. The lowest BCUT2D eigenvalue weighted by Crippen LogP contribution is -2.61. The van der Waals surface area contributed by atoms with Crippen LogP contribution in [0.2, 0.25) is 0 Å². The monoisotopic (exact) mass is 941 g/mol. The van der Waals surface area contributed by atoms with Crippen molar-refractivity contribution in [3.05, 3.63) is 148 Å². The van der Waals surface area contributed by atoms with E-state index in [1.807, 2.05) is 11.3 Å². The molecule has 0 unspecified atom stereocenters. The topological polar surface area (TPSA) is 6.48 Å². The molecule has 0 fully saturated rings. The van der Waals surface area contributed by atoms with Crippen molar-refractivity contribution in [1.29, 1.82) is 0 Å². The van der Waals surface area contributed by atoms with E-state index in [1.165, 1.54) is 136 Å². The molecule has 2 aliphatic carbocycles. The van der Waals surface area contributed by atoms with E-state index in [4.69, 9.17) is 0 Å². The molecule has 2 aliphatic heterocycles. The van der Waals surface area contributed by atoms with Crippen LogP contribution >= 0.6 is 11.3 Å². The number of hydrogen-bond acceptors (Lipinski definition) is 3. The van der Waals surface area contributed by atoms with E-state index in [-0.39, 0.29) is 44.6 Å². The number of anilines is 6. The number of benzene rings is 6. The van der Waals surface area contributed by atoms with Gasteiger partial charge in [-0.1, -0.05) is 172 Å². The first-order chi connectivity index (χ1) is 32.6. The molecule has 7 aromatic rings. The smallest absolute Gasteiger partial charge is 0.254 e. The lowest BCUT2D eigenvalue weighted by molar-refractivity contribution is 0.332. The Labute approximate surface area is 426 Å². The quantitative estimate of drug-likeness (QED) is 0.163. The standard InChI is InChI=1S/C66H77BN2S/c1-60(2,3)41-22-25-43(26-23-41)68-53-29-24-42(61(4,5)6)36-52(53)67-57-46-38-50-51(66(16,17)33-32-65(50,14)15)39-56(46)70-59(57)69(44-27-28-48-49(37-44)64(12,13)31-30-63(48,10)11)55-35-40(34-54(68)58(55)67)45-20-18-19-21-47(45)62(7,8)9/h18-29,34-39H,30-33H2,1-17H3. The van der Waals surface area contributed by atoms with Gasteiger partial charge >= 0.3 is 0 Å². The van der Waals surface area contributed by atoms with Crippen LogP contribution in [0.5, 0.6) is 0 Å². The Bertz CT molecular complexity index is 3280. The summed E-state index contributed by atoms with van der Waals surface area (Å²) in [7, 11) is 0. The van der Waals surface area contributed by atoms with Crippen molar-refractivity contribution < 1.29 is 0 Å². The summed E-state index contributed by atoms with van der Waals surface area (Å²) < 4.78 is 1.40. The Balaban J connectivity index is 1.31. The summed E-state index contributed by atoms with van der Waals surface area (Å²) in [6.07, 6.45) is 4.76. The van der Waals surface area contributed by atoms with Crippen LogP contribution in [0.4, 0.5) is 33.4 Å². The van der Waals surface area contributed by atoms with Gasteiger partial charge in [0, 0.05) is 33.1 Å². The minimum Gasteiger partial charge on any atom is -0.311 e. The molecule has 70 heavy (non-hydrogen) atoms. The van der Waals surface area contributed by atoms with Gasteiger partial charge in [-0.2, -0.15) is 0 Å². The second-order valence-electron chi connectivity index (χ2n) is 27.6. The molecule has 0 amide bonds. The predicted octanol–water partition coefficient (Wildman–Crippen LogP) is 17.2. The number of hydrogen-bond donors (Lipinski definition) is 0. The van der Waals surface area contributed by atoms with Crippen molar-refractivity contribution >= 4 is 78.0 Å². The van der Waals surface area contributed by atoms with E-state index in [2.05, 4.69) is 237 Å². The van der Waals surface area contributed by atoms with E-state index < -0.39 is 0 Å². The highest BCUT2D eigenvalue weighted by atomic mass is 32.1. The van der Waals surface area contributed by atoms with Gasteiger partial charge in [0.05, 0.1) is 5.00 Å². The van der Waals surface area contributed by atoms with Gasteiger partial charge in [-0.25, -0.2) is 0 Å². The number of thiophene rings is 1. The summed E-state index contributed by atoms with van der Waals surface area (Å²) >= 11 is 2.03. The summed E-state index contributed by atoms with van der Waals surface area (Å²) in [4.78, 5) is 5.38. The molecule has 0 N–H and O–H groups in total. The van der Waals surface area contributed by atoms with Gasteiger partial charge in [-0.05, 0) is 190 Å². The first-order valence-electron chi connectivity index (χ1n) is 26.5. The summed E-state index contributed by atoms with van der Waals surface area (Å²) in [5.41, 5.74) is 23.6. The first kappa shape index (κ1) is 47.3. The highest BCUT2D eigenvalue weighted by Gasteiger charge is 2.48. The normalized spacial score (nSPS) is 18.5. The average Bonchev–Trinajstić information content (AvgIpc) is 3.66. The summed E-state index contributed by atoms with van der Waals surface area (Å²) in [5.74, 6) is 0. The van der Waals surface area contributed by atoms with Gasteiger partial charge in [0.2, 0.25) is 0 Å². The lowest BCUT2D eigenvalue weighted by atomic mass is 9.33. The fourth-order valence-corrected chi connectivity index (χ4v) is 14.2. The molecule has 2 nitrogen and oxygen atoms in total. The number of nitrogens with zero attached hydrogens (tertiary/aromatic N) is 2. The Morgan fingerprint density at radius 1 is 0.457 bits per heavy atom. The largest absolute Gasteiger partial charge is 0.311 e. The van der Waals surface area contributed by atoms with Crippen LogP contribution in [0.3, 0.4) is 0 Å². The third-order valence-corrected chi connectivity index (χ3v) is 18.8. The van der Waals surface area contributed by atoms with Gasteiger partial charge in [0.1, 0.15) is 0 Å². The minimum atomic E-state index is -0.0550. The predicted molar refractivity (Wildman–Crippen MR) is 308 cm³/mol. The maximum absolute atomic E-state index is 2.74. The van der Waals surface area contributed by atoms with Gasteiger partial charge in [-0.3, -0.25) is 0 Å². The SMILES string of the molecule is CC(C)(C)c1ccc(N2c3ccc(C(C)(C)C)cc3B3c4c2cc(-c2ccccc2C(C)(C)C)cc4N(c2ccc4c(c2)C(C)(C)CCC4(C)C)c2sc4cc5c(cc4c23)C(C)(C)CCC5(C)C)cc1. The van der Waals surface area contributed by atoms with Crippen LogP contribution in [0.25, 0.3) is 21.2 Å². The second-order valence-corrected chi connectivity index (χ2v) is 28.7. The molecular formula is C66H77BN2S. The molecule has 1 aromatic heterocycles. The third-order valence-electron chi connectivity index (χ3n) is 17.7. The zero-order chi connectivity index (χ0) is 50.0. The van der Waals surface area contributed by atoms with E-state index in [0.717, 1.165) is 0 Å². The number of fused-ring (bicyclic) bond motifs is 8. The maximum atomic E-state index is 2.74. The van der Waals surface area contributed by atoms with Crippen LogP contribution in [0, 0.1) is 0 Å². The average molecular weight is 941 g/mol. The van der Waals surface area contributed by atoms with Crippen molar-refractivity contribution in [3.8, 4) is 11.1 Å². The van der Waals surface area contributed by atoms with E-state index in [0.29, 0.717) is 0 Å². The molecule has 360 valence electrons. The van der Waals surface area contributed by atoms with E-state index in [1.54, 1.807) is 0 Å².